The van der Waals surface area contributed by atoms with E-state index in [-0.39, 0.29) is 5.75 Å². The SMILES string of the molecule is COC(=O)C(C)(C)c1ccc(OC(F)(F)F)cc1. The molecule has 0 aliphatic heterocycles. The van der Waals surface area contributed by atoms with Crippen LogP contribution < -0.4 is 4.74 Å². The third-order valence-electron chi connectivity index (χ3n) is 2.51. The third kappa shape index (κ3) is 3.38. The van der Waals surface area contributed by atoms with Crippen LogP contribution >= 0.6 is 0 Å². The molecule has 3 nitrogen and oxygen atoms in total. The summed E-state index contributed by atoms with van der Waals surface area (Å²) in [5, 5.41) is 0. The minimum Gasteiger partial charge on any atom is -0.468 e. The highest BCUT2D eigenvalue weighted by Crippen LogP contribution is 2.28. The average Bonchev–Trinajstić information content (AvgIpc) is 2.26. The van der Waals surface area contributed by atoms with E-state index >= 15 is 0 Å². The Morgan fingerprint density at radius 2 is 1.61 bits per heavy atom. The smallest absolute Gasteiger partial charge is 0.468 e. The fourth-order valence-electron chi connectivity index (χ4n) is 1.45. The molecule has 0 N–H and O–H groups in total. The van der Waals surface area contributed by atoms with Crippen molar-refractivity contribution in [3.8, 4) is 5.75 Å². The molecule has 6 heteroatoms. The lowest BCUT2D eigenvalue weighted by atomic mass is 9.85. The van der Waals surface area contributed by atoms with Gasteiger partial charge in [0.05, 0.1) is 12.5 Å². The molecule has 100 valence electrons. The normalized spacial score (nSPS) is 12.1. The molecule has 0 bridgehead atoms. The summed E-state index contributed by atoms with van der Waals surface area (Å²) >= 11 is 0. The van der Waals surface area contributed by atoms with E-state index in [2.05, 4.69) is 9.47 Å². The maximum atomic E-state index is 12.0. The standard InChI is InChI=1S/C12H13F3O3/c1-11(2,10(16)17-3)8-4-6-9(7-5-8)18-12(13,14)15/h4-7H,1-3H3. The molecule has 0 atom stereocenters. The first kappa shape index (κ1) is 14.3. The Morgan fingerprint density at radius 3 is 2.00 bits per heavy atom. The van der Waals surface area contributed by atoms with Gasteiger partial charge in [-0.15, -0.1) is 13.2 Å². The number of carbonyl (C=O) groups excluding carboxylic acids is 1. The minimum absolute atomic E-state index is 0.327. The van der Waals surface area contributed by atoms with Gasteiger partial charge >= 0.3 is 12.3 Å². The Labute approximate surface area is 103 Å². The van der Waals surface area contributed by atoms with Crippen molar-refractivity contribution in [3.05, 3.63) is 29.8 Å². The van der Waals surface area contributed by atoms with Gasteiger partial charge in [0.1, 0.15) is 5.75 Å². The lowest BCUT2D eigenvalue weighted by Gasteiger charge is -2.22. The molecule has 1 aromatic rings. The minimum atomic E-state index is -4.72. The van der Waals surface area contributed by atoms with Gasteiger partial charge in [0, 0.05) is 0 Å². The van der Waals surface area contributed by atoms with Crippen molar-refractivity contribution < 1.29 is 27.4 Å². The molecule has 0 aromatic heterocycles. The highest BCUT2D eigenvalue weighted by molar-refractivity contribution is 5.82. The van der Waals surface area contributed by atoms with Gasteiger partial charge in [-0.05, 0) is 31.5 Å². The summed E-state index contributed by atoms with van der Waals surface area (Å²) in [4.78, 5) is 11.5. The van der Waals surface area contributed by atoms with Gasteiger partial charge in [0.15, 0.2) is 0 Å². The summed E-state index contributed by atoms with van der Waals surface area (Å²) in [7, 11) is 1.26. The monoisotopic (exact) mass is 262 g/mol. The maximum absolute atomic E-state index is 12.0. The predicted octanol–water partition coefficient (Wildman–Crippen LogP) is 3.04. The van der Waals surface area contributed by atoms with Gasteiger partial charge < -0.3 is 9.47 Å². The predicted molar refractivity (Wildman–Crippen MR) is 58.2 cm³/mol. The van der Waals surface area contributed by atoms with Gasteiger partial charge in [0.2, 0.25) is 0 Å². The van der Waals surface area contributed by atoms with E-state index in [0.717, 1.165) is 12.1 Å². The van der Waals surface area contributed by atoms with Crippen LogP contribution in [0.1, 0.15) is 19.4 Å². The summed E-state index contributed by atoms with van der Waals surface area (Å²) in [6, 6.07) is 5.12. The first-order chi connectivity index (χ1) is 8.16. The zero-order valence-corrected chi connectivity index (χ0v) is 10.2. The molecule has 1 aromatic carbocycles. The second-order valence-electron chi connectivity index (χ2n) is 4.19. The lowest BCUT2D eigenvalue weighted by Crippen LogP contribution is -2.30. The number of benzene rings is 1. The molecule has 0 aliphatic rings. The number of alkyl halides is 3. The lowest BCUT2D eigenvalue weighted by molar-refractivity contribution is -0.274. The summed E-state index contributed by atoms with van der Waals surface area (Å²) in [6.07, 6.45) is -4.72. The number of ether oxygens (including phenoxy) is 2. The van der Waals surface area contributed by atoms with Crippen molar-refractivity contribution in [2.45, 2.75) is 25.6 Å². The van der Waals surface area contributed by atoms with Crippen molar-refractivity contribution >= 4 is 5.97 Å². The molecular formula is C12H13F3O3. The molecule has 0 radical (unpaired) electrons. The van der Waals surface area contributed by atoms with Gasteiger partial charge in [-0.1, -0.05) is 12.1 Å². The van der Waals surface area contributed by atoms with Crippen LogP contribution in [0.2, 0.25) is 0 Å². The van der Waals surface area contributed by atoms with Crippen molar-refractivity contribution in [2.75, 3.05) is 7.11 Å². The molecule has 0 spiro atoms. The topological polar surface area (TPSA) is 35.5 Å². The second kappa shape index (κ2) is 4.88. The average molecular weight is 262 g/mol. The number of esters is 1. The molecule has 0 unspecified atom stereocenters. The molecule has 0 saturated heterocycles. The Balaban J connectivity index is 2.92. The number of halogens is 3. The molecule has 0 aliphatic carbocycles. The van der Waals surface area contributed by atoms with E-state index in [1.54, 1.807) is 13.8 Å². The Hall–Kier alpha value is -1.72. The Kier molecular flexibility index (Phi) is 3.88. The second-order valence-corrected chi connectivity index (χ2v) is 4.19. The number of rotatable bonds is 3. The van der Waals surface area contributed by atoms with E-state index in [4.69, 9.17) is 0 Å². The van der Waals surface area contributed by atoms with Gasteiger partial charge in [0.25, 0.3) is 0 Å². The molecule has 18 heavy (non-hydrogen) atoms. The van der Waals surface area contributed by atoms with Crippen LogP contribution in [0.3, 0.4) is 0 Å². The van der Waals surface area contributed by atoms with E-state index in [9.17, 15) is 18.0 Å². The summed E-state index contributed by atoms with van der Waals surface area (Å²) in [5.41, 5.74) is -0.380. The van der Waals surface area contributed by atoms with Crippen LogP contribution in [-0.4, -0.2) is 19.4 Å². The van der Waals surface area contributed by atoms with Crippen molar-refractivity contribution in [1.82, 2.24) is 0 Å². The fraction of sp³-hybridized carbons (Fsp3) is 0.417. The van der Waals surface area contributed by atoms with E-state index in [1.807, 2.05) is 0 Å². The van der Waals surface area contributed by atoms with Crippen LogP contribution in [-0.2, 0) is 14.9 Å². The van der Waals surface area contributed by atoms with Crippen molar-refractivity contribution in [2.24, 2.45) is 0 Å². The Bertz CT molecular complexity index is 421. The highest BCUT2D eigenvalue weighted by atomic mass is 19.4. The van der Waals surface area contributed by atoms with E-state index < -0.39 is 17.7 Å². The molecular weight excluding hydrogens is 249 g/mol. The van der Waals surface area contributed by atoms with Crippen molar-refractivity contribution in [1.29, 1.82) is 0 Å². The van der Waals surface area contributed by atoms with Gasteiger partial charge in [-0.2, -0.15) is 0 Å². The number of methoxy groups -OCH3 is 1. The van der Waals surface area contributed by atoms with E-state index in [0.29, 0.717) is 5.56 Å². The van der Waals surface area contributed by atoms with Crippen LogP contribution in [0.25, 0.3) is 0 Å². The molecule has 0 amide bonds. The molecule has 0 saturated carbocycles. The summed E-state index contributed by atoms with van der Waals surface area (Å²) in [5.74, 6) is -0.793. The Morgan fingerprint density at radius 1 is 1.11 bits per heavy atom. The van der Waals surface area contributed by atoms with Crippen LogP contribution in [0.5, 0.6) is 5.75 Å². The molecule has 0 heterocycles. The first-order valence-electron chi connectivity index (χ1n) is 5.11. The van der Waals surface area contributed by atoms with Crippen LogP contribution in [0.15, 0.2) is 24.3 Å². The first-order valence-corrected chi connectivity index (χ1v) is 5.11. The number of hydrogen-bond acceptors (Lipinski definition) is 3. The van der Waals surface area contributed by atoms with Crippen LogP contribution in [0, 0.1) is 0 Å². The van der Waals surface area contributed by atoms with Crippen molar-refractivity contribution in [3.63, 3.8) is 0 Å². The van der Waals surface area contributed by atoms with Gasteiger partial charge in [-0.3, -0.25) is 4.79 Å². The fourth-order valence-corrected chi connectivity index (χ4v) is 1.45. The zero-order chi connectivity index (χ0) is 14.0. The quantitative estimate of drug-likeness (QED) is 0.785. The summed E-state index contributed by atoms with van der Waals surface area (Å²) in [6.45, 7) is 3.25. The number of hydrogen-bond donors (Lipinski definition) is 0. The maximum Gasteiger partial charge on any atom is 0.573 e. The van der Waals surface area contributed by atoms with Crippen LogP contribution in [0.4, 0.5) is 13.2 Å². The molecule has 1 rings (SSSR count). The third-order valence-corrected chi connectivity index (χ3v) is 2.51. The van der Waals surface area contributed by atoms with E-state index in [1.165, 1.54) is 19.2 Å². The number of carbonyl (C=O) groups is 1. The molecule has 0 fully saturated rings. The highest BCUT2D eigenvalue weighted by Gasteiger charge is 2.33. The zero-order valence-electron chi connectivity index (χ0n) is 10.2. The van der Waals surface area contributed by atoms with Gasteiger partial charge in [-0.25, -0.2) is 0 Å². The largest absolute Gasteiger partial charge is 0.573 e. The summed E-state index contributed by atoms with van der Waals surface area (Å²) < 4.78 is 44.3.